The molecule has 25 heavy (non-hydrogen) atoms. The van der Waals surface area contributed by atoms with Gasteiger partial charge in [-0.05, 0) is 48.2 Å². The van der Waals surface area contributed by atoms with Crippen molar-refractivity contribution >= 4 is 23.4 Å². The topological polar surface area (TPSA) is 59.6 Å². The van der Waals surface area contributed by atoms with Crippen LogP contribution in [0.2, 0.25) is 5.02 Å². The summed E-state index contributed by atoms with van der Waals surface area (Å²) >= 11 is 5.93. The van der Waals surface area contributed by atoms with Crippen molar-refractivity contribution in [2.24, 2.45) is 0 Å². The summed E-state index contributed by atoms with van der Waals surface area (Å²) in [6.07, 6.45) is 1.27. The van der Waals surface area contributed by atoms with Crippen LogP contribution in [-0.4, -0.2) is 31.4 Å². The van der Waals surface area contributed by atoms with E-state index in [1.165, 1.54) is 5.56 Å². The van der Waals surface area contributed by atoms with Crippen LogP contribution in [0, 0.1) is 0 Å². The summed E-state index contributed by atoms with van der Waals surface area (Å²) in [5.41, 5.74) is 3.34. The van der Waals surface area contributed by atoms with Gasteiger partial charge in [-0.25, -0.2) is 4.79 Å². The fraction of sp³-hybridized carbons (Fsp3) is 0.316. The van der Waals surface area contributed by atoms with Crippen LogP contribution in [0.5, 0.6) is 5.75 Å². The van der Waals surface area contributed by atoms with Crippen molar-refractivity contribution < 1.29 is 14.3 Å². The normalized spacial score (nSPS) is 21.6. The number of hydrogen-bond acceptors (Lipinski definition) is 4. The number of ether oxygens (including phenoxy) is 2. The molecule has 0 aromatic heterocycles. The highest BCUT2D eigenvalue weighted by Gasteiger charge is 2.24. The lowest BCUT2D eigenvalue weighted by molar-refractivity contribution is 0.177. The van der Waals surface area contributed by atoms with Crippen molar-refractivity contribution in [3.05, 3.63) is 58.6 Å². The molecule has 130 valence electrons. The van der Waals surface area contributed by atoms with Crippen LogP contribution in [0.1, 0.15) is 11.1 Å². The molecule has 4 rings (SSSR count). The number of fused-ring (bicyclic) bond motifs is 1. The number of carbonyl (C=O) groups is 1. The van der Waals surface area contributed by atoms with Gasteiger partial charge in [0.1, 0.15) is 19.0 Å². The molecule has 2 heterocycles. The Labute approximate surface area is 151 Å². The maximum Gasteiger partial charge on any atom is 0.407 e. The molecule has 0 spiro atoms. The van der Waals surface area contributed by atoms with Crippen molar-refractivity contribution in [2.75, 3.05) is 18.5 Å². The Kier molecular flexibility index (Phi) is 4.40. The number of rotatable bonds is 4. The molecule has 2 N–H and O–H groups in total. The molecular formula is C19H19ClN2O3. The fourth-order valence-electron chi connectivity index (χ4n) is 3.22. The van der Waals surface area contributed by atoms with E-state index in [2.05, 4.69) is 16.7 Å². The van der Waals surface area contributed by atoms with Crippen molar-refractivity contribution in [1.82, 2.24) is 5.32 Å². The number of halogens is 1. The van der Waals surface area contributed by atoms with Gasteiger partial charge in [-0.1, -0.05) is 29.8 Å². The molecule has 2 aliphatic rings. The summed E-state index contributed by atoms with van der Waals surface area (Å²) in [7, 11) is 0. The number of benzene rings is 2. The Morgan fingerprint density at radius 1 is 0.920 bits per heavy atom. The zero-order valence-electron chi connectivity index (χ0n) is 13.6. The highest BCUT2D eigenvalue weighted by atomic mass is 35.5. The molecule has 0 aliphatic carbocycles. The summed E-state index contributed by atoms with van der Waals surface area (Å²) in [6, 6.07) is 14.3. The van der Waals surface area contributed by atoms with Crippen LogP contribution >= 0.6 is 11.6 Å². The average Bonchev–Trinajstić information content (AvgIpc) is 3.02. The van der Waals surface area contributed by atoms with Crippen molar-refractivity contribution in [3.63, 3.8) is 0 Å². The number of anilines is 1. The van der Waals surface area contributed by atoms with Crippen LogP contribution in [-0.2, 0) is 17.6 Å². The van der Waals surface area contributed by atoms with E-state index in [0.29, 0.717) is 13.2 Å². The second-order valence-corrected chi connectivity index (χ2v) is 6.89. The fourth-order valence-corrected chi connectivity index (χ4v) is 3.35. The van der Waals surface area contributed by atoms with Crippen LogP contribution in [0.15, 0.2) is 42.5 Å². The number of carbonyl (C=O) groups excluding carboxylic acids is 1. The molecule has 5 nitrogen and oxygen atoms in total. The van der Waals surface area contributed by atoms with Gasteiger partial charge in [0.15, 0.2) is 0 Å². The predicted octanol–water partition coefficient (Wildman–Crippen LogP) is 3.41. The minimum atomic E-state index is -0.342. The lowest BCUT2D eigenvalue weighted by atomic mass is 10.0. The first-order valence-corrected chi connectivity index (χ1v) is 8.73. The molecule has 0 bridgehead atoms. The standard InChI is InChI=1S/C19H19ClN2O3/c20-14-4-1-12(2-5-14)7-15-10-24-18-9-13(3-6-17(18)21-15)8-16-11-25-19(23)22-16/h1-6,9,15-16,21H,7-8,10-11H2,(H,22,23)/t15?,16-/m0/s1. The third-order valence-electron chi connectivity index (χ3n) is 4.46. The van der Waals surface area contributed by atoms with E-state index in [1.807, 2.05) is 36.4 Å². The van der Waals surface area contributed by atoms with Gasteiger partial charge >= 0.3 is 6.09 Å². The average molecular weight is 359 g/mol. The number of cyclic esters (lactones) is 1. The summed E-state index contributed by atoms with van der Waals surface area (Å²) in [4.78, 5) is 11.1. The van der Waals surface area contributed by atoms with Gasteiger partial charge in [0, 0.05) is 5.02 Å². The number of nitrogens with one attached hydrogen (secondary N) is 2. The van der Waals surface area contributed by atoms with Crippen LogP contribution in [0.4, 0.5) is 10.5 Å². The smallest absolute Gasteiger partial charge is 0.407 e. The first kappa shape index (κ1) is 16.1. The van der Waals surface area contributed by atoms with E-state index >= 15 is 0 Å². The molecule has 1 saturated heterocycles. The molecular weight excluding hydrogens is 340 g/mol. The van der Waals surface area contributed by atoms with E-state index in [1.54, 1.807) is 0 Å². The minimum absolute atomic E-state index is 0.0275. The third kappa shape index (κ3) is 3.82. The van der Waals surface area contributed by atoms with E-state index in [0.717, 1.165) is 34.9 Å². The summed E-state index contributed by atoms with van der Waals surface area (Å²) in [5.74, 6) is 0.857. The minimum Gasteiger partial charge on any atom is -0.489 e. The van der Waals surface area contributed by atoms with Crippen molar-refractivity contribution in [1.29, 1.82) is 0 Å². The second-order valence-electron chi connectivity index (χ2n) is 6.46. The summed E-state index contributed by atoms with van der Waals surface area (Å²) in [6.45, 7) is 1.03. The quantitative estimate of drug-likeness (QED) is 0.879. The Bertz CT molecular complexity index is 779. The molecule has 2 atom stereocenters. The van der Waals surface area contributed by atoms with Gasteiger partial charge in [-0.2, -0.15) is 0 Å². The van der Waals surface area contributed by atoms with Crippen LogP contribution < -0.4 is 15.4 Å². The van der Waals surface area contributed by atoms with E-state index in [-0.39, 0.29) is 18.2 Å². The Balaban J connectivity index is 1.40. The molecule has 1 amide bonds. The number of hydrogen-bond donors (Lipinski definition) is 2. The Hall–Kier alpha value is -2.40. The van der Waals surface area contributed by atoms with Gasteiger partial charge < -0.3 is 20.1 Å². The molecule has 1 fully saturated rings. The molecule has 6 heteroatoms. The molecule has 2 aromatic carbocycles. The Morgan fingerprint density at radius 3 is 2.36 bits per heavy atom. The van der Waals surface area contributed by atoms with Crippen LogP contribution in [0.3, 0.4) is 0 Å². The molecule has 0 saturated carbocycles. The second kappa shape index (κ2) is 6.84. The van der Waals surface area contributed by atoms with E-state index in [4.69, 9.17) is 21.1 Å². The number of amides is 1. The largest absolute Gasteiger partial charge is 0.489 e. The maximum atomic E-state index is 11.1. The molecule has 1 unspecified atom stereocenters. The summed E-state index contributed by atoms with van der Waals surface area (Å²) < 4.78 is 10.9. The first-order valence-electron chi connectivity index (χ1n) is 8.36. The van der Waals surface area contributed by atoms with Crippen molar-refractivity contribution in [3.8, 4) is 5.75 Å². The number of alkyl carbamates (subject to hydrolysis) is 1. The molecule has 2 aromatic rings. The molecule has 0 radical (unpaired) electrons. The maximum absolute atomic E-state index is 11.1. The molecule has 2 aliphatic heterocycles. The van der Waals surface area contributed by atoms with E-state index in [9.17, 15) is 4.79 Å². The monoisotopic (exact) mass is 358 g/mol. The highest BCUT2D eigenvalue weighted by Crippen LogP contribution is 2.31. The summed E-state index contributed by atoms with van der Waals surface area (Å²) in [5, 5.41) is 7.08. The SMILES string of the molecule is O=C1N[C@@H](Cc2ccc3c(c2)OCC(Cc2ccc(Cl)cc2)N3)CO1. The Morgan fingerprint density at radius 2 is 1.60 bits per heavy atom. The van der Waals surface area contributed by atoms with Crippen molar-refractivity contribution in [2.45, 2.75) is 24.9 Å². The lowest BCUT2D eigenvalue weighted by Gasteiger charge is -2.28. The first-order chi connectivity index (χ1) is 12.2. The van der Waals surface area contributed by atoms with E-state index < -0.39 is 0 Å². The predicted molar refractivity (Wildman–Crippen MR) is 96.5 cm³/mol. The van der Waals surface area contributed by atoms with Gasteiger partial charge in [0.25, 0.3) is 0 Å². The van der Waals surface area contributed by atoms with Gasteiger partial charge in [0.05, 0.1) is 17.8 Å². The highest BCUT2D eigenvalue weighted by molar-refractivity contribution is 6.30. The van der Waals surface area contributed by atoms with Gasteiger partial charge in [-0.15, -0.1) is 0 Å². The van der Waals surface area contributed by atoms with Gasteiger partial charge in [-0.3, -0.25) is 0 Å². The van der Waals surface area contributed by atoms with Crippen LogP contribution in [0.25, 0.3) is 0 Å². The van der Waals surface area contributed by atoms with Gasteiger partial charge in [0.2, 0.25) is 0 Å². The third-order valence-corrected chi connectivity index (χ3v) is 4.71. The zero-order valence-corrected chi connectivity index (χ0v) is 14.4. The lowest BCUT2D eigenvalue weighted by Crippen LogP contribution is -2.33. The zero-order chi connectivity index (χ0) is 17.2.